The molecule has 0 radical (unpaired) electrons. The van der Waals surface area contributed by atoms with E-state index >= 15 is 0 Å². The highest BCUT2D eigenvalue weighted by molar-refractivity contribution is 5.40. The van der Waals surface area contributed by atoms with Crippen molar-refractivity contribution in [2.24, 2.45) is 5.92 Å². The molecule has 2 aromatic rings. The maximum Gasteiger partial charge on any atom is 0.127 e. The Kier molecular flexibility index (Phi) is 4.84. The van der Waals surface area contributed by atoms with Crippen LogP contribution in [0.3, 0.4) is 0 Å². The summed E-state index contributed by atoms with van der Waals surface area (Å²) >= 11 is 0. The van der Waals surface area contributed by atoms with Gasteiger partial charge < -0.3 is 4.74 Å². The third-order valence-electron chi connectivity index (χ3n) is 3.97. The van der Waals surface area contributed by atoms with Gasteiger partial charge in [-0.1, -0.05) is 52.0 Å². The molecule has 0 aromatic heterocycles. The smallest absolute Gasteiger partial charge is 0.127 e. The van der Waals surface area contributed by atoms with Gasteiger partial charge in [-0.15, -0.1) is 0 Å². The number of hydrogen-bond donors (Lipinski definition) is 0. The Bertz CT molecular complexity index is 543. The van der Waals surface area contributed by atoms with Crippen molar-refractivity contribution in [1.29, 1.82) is 0 Å². The molecule has 2 rings (SSSR count). The first-order chi connectivity index (χ1) is 9.61. The number of rotatable bonds is 5. The van der Waals surface area contributed by atoms with Gasteiger partial charge in [-0.3, -0.25) is 0 Å². The van der Waals surface area contributed by atoms with Gasteiger partial charge in [0.25, 0.3) is 0 Å². The van der Waals surface area contributed by atoms with E-state index in [9.17, 15) is 0 Å². The van der Waals surface area contributed by atoms with Gasteiger partial charge in [-0.2, -0.15) is 0 Å². The molecule has 1 nitrogen and oxygen atoms in total. The van der Waals surface area contributed by atoms with E-state index < -0.39 is 0 Å². The summed E-state index contributed by atoms with van der Waals surface area (Å²) in [5.74, 6) is 2.99. The first-order valence-electron chi connectivity index (χ1n) is 7.47. The van der Waals surface area contributed by atoms with Crippen LogP contribution < -0.4 is 4.74 Å². The number of ether oxygens (including phenoxy) is 1. The van der Waals surface area contributed by atoms with Crippen molar-refractivity contribution in [3.63, 3.8) is 0 Å². The lowest BCUT2D eigenvalue weighted by molar-refractivity contribution is 0.477. The van der Waals surface area contributed by atoms with Crippen molar-refractivity contribution < 1.29 is 4.74 Å². The summed E-state index contributed by atoms with van der Waals surface area (Å²) in [5, 5.41) is 0. The van der Waals surface area contributed by atoms with Crippen LogP contribution in [0, 0.1) is 5.92 Å². The van der Waals surface area contributed by atoms with E-state index in [0.29, 0.717) is 11.8 Å². The fraction of sp³-hybridized carbons (Fsp3) is 0.368. The quantitative estimate of drug-likeness (QED) is 0.665. The van der Waals surface area contributed by atoms with Crippen molar-refractivity contribution in [1.82, 2.24) is 0 Å². The molecule has 1 atom stereocenters. The van der Waals surface area contributed by atoms with Gasteiger partial charge in [0.2, 0.25) is 0 Å². The van der Waals surface area contributed by atoms with Gasteiger partial charge in [0, 0.05) is 0 Å². The van der Waals surface area contributed by atoms with Gasteiger partial charge in [0.15, 0.2) is 0 Å². The monoisotopic (exact) mass is 268 g/mol. The standard InChI is InChI=1S/C19H24O/c1-5-16-11-12-18(13-19(16)15(4)14(2)3)20-17-9-7-6-8-10-17/h6-15H,5H2,1-4H3. The summed E-state index contributed by atoms with van der Waals surface area (Å²) in [5.41, 5.74) is 2.84. The minimum absolute atomic E-state index is 0.546. The van der Waals surface area contributed by atoms with Crippen molar-refractivity contribution in [3.8, 4) is 11.5 Å². The van der Waals surface area contributed by atoms with E-state index in [1.54, 1.807) is 0 Å². The zero-order chi connectivity index (χ0) is 14.5. The lowest BCUT2D eigenvalue weighted by Gasteiger charge is -2.20. The number of hydrogen-bond acceptors (Lipinski definition) is 1. The predicted octanol–water partition coefficient (Wildman–Crippen LogP) is 5.80. The minimum atomic E-state index is 0.546. The van der Waals surface area contributed by atoms with Crippen LogP contribution in [0.1, 0.15) is 44.7 Å². The Morgan fingerprint density at radius 2 is 1.60 bits per heavy atom. The fourth-order valence-corrected chi connectivity index (χ4v) is 2.37. The highest BCUT2D eigenvalue weighted by atomic mass is 16.5. The molecule has 0 fully saturated rings. The second kappa shape index (κ2) is 6.60. The molecule has 0 amide bonds. The van der Waals surface area contributed by atoms with E-state index in [2.05, 4.69) is 45.9 Å². The van der Waals surface area contributed by atoms with E-state index in [1.165, 1.54) is 11.1 Å². The molecule has 1 heteroatoms. The van der Waals surface area contributed by atoms with Crippen LogP contribution in [0.4, 0.5) is 0 Å². The summed E-state index contributed by atoms with van der Waals surface area (Å²) in [6.45, 7) is 9.05. The van der Waals surface area contributed by atoms with E-state index in [1.807, 2.05) is 30.3 Å². The van der Waals surface area contributed by atoms with Crippen LogP contribution in [0.25, 0.3) is 0 Å². The molecular formula is C19H24O. The van der Waals surface area contributed by atoms with Crippen LogP contribution in [0.15, 0.2) is 48.5 Å². The van der Waals surface area contributed by atoms with Crippen molar-refractivity contribution >= 4 is 0 Å². The van der Waals surface area contributed by atoms with E-state index in [0.717, 1.165) is 17.9 Å². The lowest BCUT2D eigenvalue weighted by atomic mass is 9.86. The third kappa shape index (κ3) is 3.41. The molecule has 2 aromatic carbocycles. The summed E-state index contributed by atoms with van der Waals surface area (Å²) < 4.78 is 5.95. The Morgan fingerprint density at radius 1 is 0.900 bits per heavy atom. The molecule has 106 valence electrons. The van der Waals surface area contributed by atoms with Crippen molar-refractivity contribution in [2.45, 2.75) is 40.0 Å². The molecule has 20 heavy (non-hydrogen) atoms. The van der Waals surface area contributed by atoms with E-state index in [4.69, 9.17) is 4.74 Å². The largest absolute Gasteiger partial charge is 0.457 e. The molecule has 0 saturated carbocycles. The maximum atomic E-state index is 5.95. The highest BCUT2D eigenvalue weighted by Crippen LogP contribution is 2.32. The summed E-state index contributed by atoms with van der Waals surface area (Å²) in [6, 6.07) is 16.4. The normalized spacial score (nSPS) is 12.4. The molecule has 0 saturated heterocycles. The molecule has 0 aliphatic carbocycles. The molecule has 0 heterocycles. The van der Waals surface area contributed by atoms with Crippen LogP contribution in [0.2, 0.25) is 0 Å². The molecule has 0 bridgehead atoms. The predicted molar refractivity (Wildman–Crippen MR) is 85.6 cm³/mol. The molecule has 0 aliphatic rings. The maximum absolute atomic E-state index is 5.95. The summed E-state index contributed by atoms with van der Waals surface area (Å²) in [6.07, 6.45) is 1.07. The van der Waals surface area contributed by atoms with Gasteiger partial charge in [-0.25, -0.2) is 0 Å². The van der Waals surface area contributed by atoms with Gasteiger partial charge in [-0.05, 0) is 53.6 Å². The van der Waals surface area contributed by atoms with Gasteiger partial charge >= 0.3 is 0 Å². The van der Waals surface area contributed by atoms with Crippen LogP contribution >= 0.6 is 0 Å². The first-order valence-corrected chi connectivity index (χ1v) is 7.47. The average molecular weight is 268 g/mol. The van der Waals surface area contributed by atoms with Crippen LogP contribution in [0.5, 0.6) is 11.5 Å². The van der Waals surface area contributed by atoms with Crippen LogP contribution in [-0.4, -0.2) is 0 Å². The van der Waals surface area contributed by atoms with Gasteiger partial charge in [0.1, 0.15) is 11.5 Å². The van der Waals surface area contributed by atoms with E-state index in [-0.39, 0.29) is 0 Å². The van der Waals surface area contributed by atoms with Crippen molar-refractivity contribution in [3.05, 3.63) is 59.7 Å². The Morgan fingerprint density at radius 3 is 2.20 bits per heavy atom. The second-order valence-corrected chi connectivity index (χ2v) is 5.66. The third-order valence-corrected chi connectivity index (χ3v) is 3.97. The molecular weight excluding hydrogens is 244 g/mol. The highest BCUT2D eigenvalue weighted by Gasteiger charge is 2.14. The number of benzene rings is 2. The summed E-state index contributed by atoms with van der Waals surface area (Å²) in [7, 11) is 0. The Hall–Kier alpha value is -1.76. The molecule has 0 N–H and O–H groups in total. The average Bonchev–Trinajstić information content (AvgIpc) is 2.47. The fourth-order valence-electron chi connectivity index (χ4n) is 2.37. The number of para-hydroxylation sites is 1. The zero-order valence-corrected chi connectivity index (χ0v) is 12.9. The lowest BCUT2D eigenvalue weighted by Crippen LogP contribution is -2.05. The number of aryl methyl sites for hydroxylation is 1. The topological polar surface area (TPSA) is 9.23 Å². The summed E-state index contributed by atoms with van der Waals surface area (Å²) in [4.78, 5) is 0. The Balaban J connectivity index is 2.30. The van der Waals surface area contributed by atoms with Crippen molar-refractivity contribution in [2.75, 3.05) is 0 Å². The molecule has 0 spiro atoms. The zero-order valence-electron chi connectivity index (χ0n) is 12.9. The van der Waals surface area contributed by atoms with Crippen LogP contribution in [-0.2, 0) is 6.42 Å². The SMILES string of the molecule is CCc1ccc(Oc2ccccc2)cc1C(C)C(C)C. The Labute approximate surface area is 122 Å². The minimum Gasteiger partial charge on any atom is -0.457 e. The molecule has 1 unspecified atom stereocenters. The second-order valence-electron chi connectivity index (χ2n) is 5.66. The molecule has 0 aliphatic heterocycles. The first kappa shape index (κ1) is 14.6. The van der Waals surface area contributed by atoms with Gasteiger partial charge in [0.05, 0.1) is 0 Å².